The molecule has 0 spiro atoms. The summed E-state index contributed by atoms with van der Waals surface area (Å²) in [6.45, 7) is 0. The Morgan fingerprint density at radius 3 is 2.21 bits per heavy atom. The number of ketones is 1. The van der Waals surface area contributed by atoms with Crippen molar-refractivity contribution in [2.24, 2.45) is 0 Å². The fraction of sp³-hybridized carbons (Fsp3) is 0.0870. The van der Waals surface area contributed by atoms with E-state index in [0.29, 0.717) is 21.9 Å². The minimum atomic E-state index is -1.49. The van der Waals surface area contributed by atoms with Crippen molar-refractivity contribution in [2.75, 3.05) is 18.2 Å². The van der Waals surface area contributed by atoms with Crippen molar-refractivity contribution in [2.45, 2.75) is 4.90 Å². The number of thioether (sulfide) groups is 1. The van der Waals surface area contributed by atoms with Crippen molar-refractivity contribution >= 4 is 81.5 Å². The molecule has 11 heteroatoms. The summed E-state index contributed by atoms with van der Waals surface area (Å²) in [7, 11) is 1.52. The molecule has 3 rings (SSSR count). The molecule has 34 heavy (non-hydrogen) atoms. The van der Waals surface area contributed by atoms with Gasteiger partial charge in [-0.05, 0) is 30.3 Å². The number of amides is 1. The zero-order valence-electron chi connectivity index (χ0n) is 17.3. The number of carboxylic acid groups (broad SMARTS) is 1. The third kappa shape index (κ3) is 5.79. The molecule has 6 nitrogen and oxygen atoms in total. The molecule has 0 radical (unpaired) electrons. The molecule has 3 aromatic rings. The molecule has 0 aliphatic carbocycles. The van der Waals surface area contributed by atoms with E-state index >= 15 is 0 Å². The molecule has 0 bridgehead atoms. The topological polar surface area (TPSA) is 92.7 Å². The van der Waals surface area contributed by atoms with Crippen LogP contribution in [0.5, 0.6) is 5.75 Å². The van der Waals surface area contributed by atoms with E-state index < -0.39 is 28.0 Å². The van der Waals surface area contributed by atoms with Crippen LogP contribution in [0.1, 0.15) is 31.1 Å². The molecule has 3 aromatic carbocycles. The van der Waals surface area contributed by atoms with Crippen molar-refractivity contribution < 1.29 is 24.2 Å². The zero-order valence-corrected chi connectivity index (χ0v) is 21.2. The first-order valence-corrected chi connectivity index (χ1v) is 11.9. The van der Waals surface area contributed by atoms with Crippen LogP contribution < -0.4 is 10.1 Å². The molecule has 1 amide bonds. The summed E-state index contributed by atoms with van der Waals surface area (Å²) < 4.78 is 5.14. The average molecular weight is 559 g/mol. The lowest BCUT2D eigenvalue weighted by molar-refractivity contribution is 0.0692. The van der Waals surface area contributed by atoms with E-state index in [9.17, 15) is 19.5 Å². The highest BCUT2D eigenvalue weighted by Gasteiger charge is 2.29. The van der Waals surface area contributed by atoms with Crippen LogP contribution in [0.4, 0.5) is 5.69 Å². The van der Waals surface area contributed by atoms with Gasteiger partial charge in [-0.3, -0.25) is 9.59 Å². The van der Waals surface area contributed by atoms with Crippen LogP contribution in [-0.4, -0.2) is 35.6 Å². The van der Waals surface area contributed by atoms with Crippen molar-refractivity contribution in [1.29, 1.82) is 0 Å². The molecule has 0 aliphatic rings. The number of Topliss-reactive ketones (excluding diaryl/α,β-unsaturated/α-hetero) is 1. The number of methoxy groups -OCH3 is 1. The van der Waals surface area contributed by atoms with E-state index in [1.54, 1.807) is 48.5 Å². The normalized spacial score (nSPS) is 10.6. The van der Waals surface area contributed by atoms with Crippen LogP contribution in [0.25, 0.3) is 0 Å². The van der Waals surface area contributed by atoms with E-state index in [1.807, 2.05) is 0 Å². The van der Waals surface area contributed by atoms with E-state index in [2.05, 4.69) is 5.32 Å². The minimum absolute atomic E-state index is 0.0957. The highest BCUT2D eigenvalue weighted by molar-refractivity contribution is 8.00. The number of nitrogens with one attached hydrogen (secondary N) is 1. The van der Waals surface area contributed by atoms with Gasteiger partial charge in [-0.25, -0.2) is 4.79 Å². The number of rotatable bonds is 8. The van der Waals surface area contributed by atoms with Crippen molar-refractivity contribution in [3.63, 3.8) is 0 Å². The first kappa shape index (κ1) is 26.2. The molecule has 0 atom stereocenters. The third-order valence-electron chi connectivity index (χ3n) is 4.56. The average Bonchev–Trinajstić information content (AvgIpc) is 2.83. The molecule has 0 saturated heterocycles. The maximum atomic E-state index is 12.9. The molecular formula is C23H15Cl4NO5S. The monoisotopic (exact) mass is 557 g/mol. The largest absolute Gasteiger partial charge is 0.497 e. The highest BCUT2D eigenvalue weighted by atomic mass is 35.5. The number of hydrogen-bond acceptors (Lipinski definition) is 5. The second kappa shape index (κ2) is 11.3. The second-order valence-corrected chi connectivity index (χ2v) is 9.30. The van der Waals surface area contributed by atoms with Gasteiger partial charge in [0.05, 0.1) is 44.1 Å². The van der Waals surface area contributed by atoms with Crippen LogP contribution in [0.3, 0.4) is 0 Å². The summed E-state index contributed by atoms with van der Waals surface area (Å²) in [5, 5.41) is 10.9. The molecule has 176 valence electrons. The lowest BCUT2D eigenvalue weighted by atomic mass is 10.1. The number of benzene rings is 3. The van der Waals surface area contributed by atoms with Crippen molar-refractivity contribution in [1.82, 2.24) is 0 Å². The standard InChI is InChI=1S/C23H15Cl4NO5S/c1-33-13-6-2-4-11(8-13)15(29)10-34-14-7-3-5-12(9-14)28-22(30)16-17(23(31)32)19(25)21(27)20(26)18(16)24/h2-9H,10H2,1H3,(H,28,30)(H,31,32). The van der Waals surface area contributed by atoms with Crippen molar-refractivity contribution in [3.8, 4) is 5.75 Å². The molecule has 0 aromatic heterocycles. The summed E-state index contributed by atoms with van der Waals surface area (Å²) in [6.07, 6.45) is 0. The zero-order chi connectivity index (χ0) is 25.0. The fourth-order valence-corrected chi connectivity index (χ4v) is 4.80. The molecule has 0 aliphatic heterocycles. The van der Waals surface area contributed by atoms with Crippen LogP contribution >= 0.6 is 58.2 Å². The van der Waals surface area contributed by atoms with Crippen LogP contribution in [0.15, 0.2) is 53.4 Å². The predicted molar refractivity (Wildman–Crippen MR) is 136 cm³/mol. The lowest BCUT2D eigenvalue weighted by Crippen LogP contribution is -2.18. The number of carbonyl (C=O) groups is 3. The van der Waals surface area contributed by atoms with E-state index in [1.165, 1.54) is 18.9 Å². The van der Waals surface area contributed by atoms with Gasteiger partial charge in [0.15, 0.2) is 5.78 Å². The van der Waals surface area contributed by atoms with E-state index in [0.717, 1.165) is 0 Å². The summed E-state index contributed by atoms with van der Waals surface area (Å²) in [6, 6.07) is 13.5. The Hall–Kier alpha value is -2.42. The van der Waals surface area contributed by atoms with Gasteiger partial charge < -0.3 is 15.2 Å². The number of anilines is 1. The maximum Gasteiger partial charge on any atom is 0.338 e. The number of ether oxygens (including phenoxy) is 1. The second-order valence-electron chi connectivity index (χ2n) is 6.74. The number of hydrogen-bond donors (Lipinski definition) is 2. The summed E-state index contributed by atoms with van der Waals surface area (Å²) >= 11 is 25.3. The van der Waals surface area contributed by atoms with Gasteiger partial charge >= 0.3 is 5.97 Å². The van der Waals surface area contributed by atoms with E-state index in [4.69, 9.17) is 51.1 Å². The molecule has 2 N–H and O–H groups in total. The lowest BCUT2D eigenvalue weighted by Gasteiger charge is -2.14. The SMILES string of the molecule is COc1cccc(C(=O)CSc2cccc(NC(=O)c3c(Cl)c(Cl)c(Cl)c(Cl)c3C(=O)O)c2)c1. The molecule has 0 fully saturated rings. The Morgan fingerprint density at radius 2 is 1.56 bits per heavy atom. The summed E-state index contributed by atoms with van der Waals surface area (Å²) in [5.74, 6) is -1.68. The Bertz CT molecular complexity index is 1300. The number of aromatic carboxylic acids is 1. The quantitative estimate of drug-likeness (QED) is 0.131. The Morgan fingerprint density at radius 1 is 0.912 bits per heavy atom. The fourth-order valence-electron chi connectivity index (χ4n) is 2.93. The van der Waals surface area contributed by atoms with Gasteiger partial charge in [-0.2, -0.15) is 0 Å². The third-order valence-corrected chi connectivity index (χ3v) is 7.36. The van der Waals surface area contributed by atoms with Gasteiger partial charge in [0.25, 0.3) is 5.91 Å². The first-order chi connectivity index (χ1) is 16.1. The van der Waals surface area contributed by atoms with Gasteiger partial charge in [0.2, 0.25) is 0 Å². The molecule has 0 heterocycles. The van der Waals surface area contributed by atoms with Gasteiger partial charge in [0.1, 0.15) is 5.75 Å². The van der Waals surface area contributed by atoms with Crippen LogP contribution in [-0.2, 0) is 0 Å². The van der Waals surface area contributed by atoms with Crippen LogP contribution in [0.2, 0.25) is 20.1 Å². The molecule has 0 unspecified atom stereocenters. The minimum Gasteiger partial charge on any atom is -0.497 e. The Labute approximate surface area is 219 Å². The van der Waals surface area contributed by atoms with Crippen molar-refractivity contribution in [3.05, 3.63) is 85.3 Å². The van der Waals surface area contributed by atoms with Crippen LogP contribution in [0, 0.1) is 0 Å². The smallest absolute Gasteiger partial charge is 0.338 e. The predicted octanol–water partition coefficient (Wildman–Crippen LogP) is 7.23. The number of halogens is 4. The summed E-state index contributed by atoms with van der Waals surface area (Å²) in [5.41, 5.74) is -0.116. The van der Waals surface area contributed by atoms with Gasteiger partial charge in [-0.15, -0.1) is 11.8 Å². The maximum absolute atomic E-state index is 12.9. The summed E-state index contributed by atoms with van der Waals surface area (Å²) in [4.78, 5) is 37.8. The van der Waals surface area contributed by atoms with Gasteiger partial charge in [-0.1, -0.05) is 64.6 Å². The van der Waals surface area contributed by atoms with Gasteiger partial charge in [0, 0.05) is 16.1 Å². The Balaban J connectivity index is 1.79. The van der Waals surface area contributed by atoms with E-state index in [-0.39, 0.29) is 26.6 Å². The number of carbonyl (C=O) groups excluding carboxylic acids is 2. The number of carboxylic acids is 1. The molecule has 0 saturated carbocycles. The Kier molecular flexibility index (Phi) is 8.73. The molecular weight excluding hydrogens is 544 g/mol. The highest BCUT2D eigenvalue weighted by Crippen LogP contribution is 2.42. The first-order valence-electron chi connectivity index (χ1n) is 9.44.